The Balaban J connectivity index is 3.43. The average Bonchev–Trinajstić information content (AvgIpc) is 2.70. The van der Waals surface area contributed by atoms with Crippen LogP contribution in [0, 0.1) is 5.92 Å². The van der Waals surface area contributed by atoms with Gasteiger partial charge in [0.1, 0.15) is 0 Å². The summed E-state index contributed by atoms with van der Waals surface area (Å²) in [6, 6.07) is 0. The second kappa shape index (κ2) is 22.8. The molecule has 0 rings (SSSR count). The average molecular weight is 397 g/mol. The first-order chi connectivity index (χ1) is 13.7. The van der Waals surface area contributed by atoms with Crippen molar-refractivity contribution in [1.82, 2.24) is 0 Å². The topological polar surface area (TPSA) is 26.3 Å². The summed E-state index contributed by atoms with van der Waals surface area (Å²) in [6.07, 6.45) is 25.5. The number of ether oxygens (including phenoxy) is 1. The summed E-state index contributed by atoms with van der Waals surface area (Å²) in [5.74, 6) is 0.608. The molecule has 0 amide bonds. The number of esters is 1. The highest BCUT2D eigenvalue weighted by molar-refractivity contribution is 5.69. The molecule has 0 aliphatic carbocycles. The lowest BCUT2D eigenvalue weighted by atomic mass is 9.97. The van der Waals surface area contributed by atoms with Gasteiger partial charge >= 0.3 is 5.97 Å². The van der Waals surface area contributed by atoms with Gasteiger partial charge in [-0.2, -0.15) is 0 Å². The van der Waals surface area contributed by atoms with Gasteiger partial charge in [-0.25, -0.2) is 0 Å². The number of hydrogen-bond donors (Lipinski definition) is 0. The van der Waals surface area contributed by atoms with E-state index in [-0.39, 0.29) is 5.97 Å². The maximum atomic E-state index is 12.0. The first kappa shape index (κ1) is 27.5. The molecule has 0 heterocycles. The van der Waals surface area contributed by atoms with Crippen molar-refractivity contribution in [3.63, 3.8) is 0 Å². The summed E-state index contributed by atoms with van der Waals surface area (Å²) in [5, 5.41) is 0. The van der Waals surface area contributed by atoms with E-state index in [0.29, 0.717) is 18.9 Å². The van der Waals surface area contributed by atoms with Crippen LogP contribution in [0.1, 0.15) is 149 Å². The van der Waals surface area contributed by atoms with Gasteiger partial charge in [-0.15, -0.1) is 0 Å². The lowest BCUT2D eigenvalue weighted by Gasteiger charge is -2.16. The summed E-state index contributed by atoms with van der Waals surface area (Å²) in [5.41, 5.74) is 0. The van der Waals surface area contributed by atoms with Crippen molar-refractivity contribution >= 4 is 5.97 Å². The smallest absolute Gasteiger partial charge is 0.305 e. The van der Waals surface area contributed by atoms with Gasteiger partial charge < -0.3 is 4.74 Å². The first-order valence-corrected chi connectivity index (χ1v) is 12.9. The van der Waals surface area contributed by atoms with Crippen LogP contribution in [0.25, 0.3) is 0 Å². The molecule has 0 aliphatic heterocycles. The quantitative estimate of drug-likeness (QED) is 0.135. The van der Waals surface area contributed by atoms with E-state index >= 15 is 0 Å². The molecule has 0 aromatic carbocycles. The molecule has 168 valence electrons. The minimum atomic E-state index is 0.0288. The summed E-state index contributed by atoms with van der Waals surface area (Å²) < 4.78 is 5.57. The Labute approximate surface area is 177 Å². The monoisotopic (exact) mass is 396 g/mol. The van der Waals surface area contributed by atoms with Crippen molar-refractivity contribution in [1.29, 1.82) is 0 Å². The highest BCUT2D eigenvalue weighted by Crippen LogP contribution is 2.17. The second-order valence-corrected chi connectivity index (χ2v) is 8.83. The molecule has 0 bridgehead atoms. The molecule has 0 saturated carbocycles. The van der Waals surface area contributed by atoms with Crippen molar-refractivity contribution < 1.29 is 9.53 Å². The highest BCUT2D eigenvalue weighted by atomic mass is 16.5. The molecule has 0 atom stereocenters. The maximum Gasteiger partial charge on any atom is 0.305 e. The predicted octanol–water partition coefficient (Wildman–Crippen LogP) is 9.01. The van der Waals surface area contributed by atoms with Crippen LogP contribution in [-0.2, 0) is 9.53 Å². The fourth-order valence-electron chi connectivity index (χ4n) is 3.87. The fourth-order valence-corrected chi connectivity index (χ4v) is 3.87. The third-order valence-corrected chi connectivity index (χ3v) is 5.90. The second-order valence-electron chi connectivity index (χ2n) is 8.83. The van der Waals surface area contributed by atoms with Gasteiger partial charge in [-0.3, -0.25) is 4.79 Å². The molecule has 0 N–H and O–H groups in total. The van der Waals surface area contributed by atoms with Crippen LogP contribution in [0.5, 0.6) is 0 Å². The molecule has 0 radical (unpaired) electrons. The van der Waals surface area contributed by atoms with Crippen molar-refractivity contribution in [2.24, 2.45) is 5.92 Å². The number of unbranched alkanes of at least 4 members (excludes halogenated alkanes) is 14. The molecule has 0 unspecified atom stereocenters. The van der Waals surface area contributed by atoms with Crippen LogP contribution in [0.15, 0.2) is 0 Å². The Morgan fingerprint density at radius 3 is 1.39 bits per heavy atom. The fraction of sp³-hybridized carbons (Fsp3) is 0.962. The normalized spacial score (nSPS) is 11.3. The Hall–Kier alpha value is -0.530. The zero-order valence-electron chi connectivity index (χ0n) is 19.7. The molecule has 2 heteroatoms. The van der Waals surface area contributed by atoms with Gasteiger partial charge in [0.05, 0.1) is 6.61 Å². The van der Waals surface area contributed by atoms with Crippen LogP contribution >= 0.6 is 0 Å². The SMILES string of the molecule is CCCCCCCCCCCCCCCC(=O)OCC(CCCC)CCCC. The zero-order valence-corrected chi connectivity index (χ0v) is 19.7. The molecule has 28 heavy (non-hydrogen) atoms. The van der Waals surface area contributed by atoms with Gasteiger partial charge in [-0.1, -0.05) is 124 Å². The standard InChI is InChI=1S/C26H52O2/c1-4-7-10-11-12-13-14-15-16-17-18-19-20-23-26(27)28-24-25(21-8-5-2)22-9-6-3/h25H,4-24H2,1-3H3. The van der Waals surface area contributed by atoms with Gasteiger partial charge in [-0.05, 0) is 25.2 Å². The van der Waals surface area contributed by atoms with E-state index < -0.39 is 0 Å². The summed E-state index contributed by atoms with van der Waals surface area (Å²) in [7, 11) is 0. The number of hydrogen-bond acceptors (Lipinski definition) is 2. The van der Waals surface area contributed by atoms with E-state index in [2.05, 4.69) is 20.8 Å². The van der Waals surface area contributed by atoms with Crippen LogP contribution in [0.3, 0.4) is 0 Å². The summed E-state index contributed by atoms with van der Waals surface area (Å²) in [6.45, 7) is 7.40. The van der Waals surface area contributed by atoms with Crippen molar-refractivity contribution in [3.8, 4) is 0 Å². The zero-order chi connectivity index (χ0) is 20.7. The van der Waals surface area contributed by atoms with Crippen molar-refractivity contribution in [3.05, 3.63) is 0 Å². The van der Waals surface area contributed by atoms with E-state index in [1.165, 1.54) is 116 Å². The minimum absolute atomic E-state index is 0.0288. The third kappa shape index (κ3) is 20.2. The Morgan fingerprint density at radius 1 is 0.571 bits per heavy atom. The molecule has 0 aromatic rings. The predicted molar refractivity (Wildman–Crippen MR) is 124 cm³/mol. The maximum absolute atomic E-state index is 12.0. The van der Waals surface area contributed by atoms with Crippen LogP contribution in [0.4, 0.5) is 0 Å². The minimum Gasteiger partial charge on any atom is -0.465 e. The van der Waals surface area contributed by atoms with Crippen molar-refractivity contribution in [2.45, 2.75) is 149 Å². The molecule has 0 saturated heterocycles. The molecule has 0 spiro atoms. The first-order valence-electron chi connectivity index (χ1n) is 12.9. The molecule has 0 aliphatic rings. The van der Waals surface area contributed by atoms with E-state index in [9.17, 15) is 4.79 Å². The van der Waals surface area contributed by atoms with Crippen LogP contribution in [0.2, 0.25) is 0 Å². The molecular formula is C26H52O2. The van der Waals surface area contributed by atoms with Gasteiger partial charge in [0, 0.05) is 6.42 Å². The Morgan fingerprint density at radius 2 is 0.964 bits per heavy atom. The van der Waals surface area contributed by atoms with Crippen LogP contribution < -0.4 is 0 Å². The molecule has 2 nitrogen and oxygen atoms in total. The number of rotatable bonds is 22. The highest BCUT2D eigenvalue weighted by Gasteiger charge is 2.11. The molecule has 0 aromatic heterocycles. The molecular weight excluding hydrogens is 344 g/mol. The molecule has 0 fully saturated rings. The lowest BCUT2D eigenvalue weighted by Crippen LogP contribution is -2.14. The van der Waals surface area contributed by atoms with E-state index in [4.69, 9.17) is 4.74 Å². The lowest BCUT2D eigenvalue weighted by molar-refractivity contribution is -0.145. The third-order valence-electron chi connectivity index (χ3n) is 5.90. The Bertz CT molecular complexity index is 306. The number of carbonyl (C=O) groups is 1. The van der Waals surface area contributed by atoms with E-state index in [0.717, 1.165) is 6.42 Å². The summed E-state index contributed by atoms with van der Waals surface area (Å²) >= 11 is 0. The van der Waals surface area contributed by atoms with E-state index in [1.54, 1.807) is 0 Å². The van der Waals surface area contributed by atoms with Gasteiger partial charge in [0.25, 0.3) is 0 Å². The van der Waals surface area contributed by atoms with Crippen molar-refractivity contribution in [2.75, 3.05) is 6.61 Å². The van der Waals surface area contributed by atoms with Gasteiger partial charge in [0.2, 0.25) is 0 Å². The largest absolute Gasteiger partial charge is 0.465 e. The summed E-state index contributed by atoms with van der Waals surface area (Å²) in [4.78, 5) is 12.0. The van der Waals surface area contributed by atoms with Gasteiger partial charge in [0.15, 0.2) is 0 Å². The van der Waals surface area contributed by atoms with E-state index in [1.807, 2.05) is 0 Å². The Kier molecular flexibility index (Phi) is 22.3. The number of carbonyl (C=O) groups excluding carboxylic acids is 1. The van der Waals surface area contributed by atoms with Crippen LogP contribution in [-0.4, -0.2) is 12.6 Å².